The normalized spacial score (nSPS) is 17.6. The van der Waals surface area contributed by atoms with Crippen LogP contribution in [0.2, 0.25) is 15.1 Å². The van der Waals surface area contributed by atoms with E-state index in [1.54, 1.807) is 19.4 Å². The van der Waals surface area contributed by atoms with Gasteiger partial charge in [-0.05, 0) is 72.9 Å². The topological polar surface area (TPSA) is 42.3 Å². The van der Waals surface area contributed by atoms with E-state index in [2.05, 4.69) is 21.3 Å². The molecule has 1 fully saturated rings. The number of anilines is 1. The zero-order valence-electron chi connectivity index (χ0n) is 18.0. The summed E-state index contributed by atoms with van der Waals surface area (Å²) in [6.07, 6.45) is 3.75. The van der Waals surface area contributed by atoms with Gasteiger partial charge in [-0.2, -0.15) is 0 Å². The number of nitrogens with one attached hydrogen (secondary N) is 1. The summed E-state index contributed by atoms with van der Waals surface area (Å²) in [6.45, 7) is 0. The highest BCUT2D eigenvalue weighted by Crippen LogP contribution is 2.44. The molecule has 0 saturated carbocycles. The predicted molar refractivity (Wildman–Crippen MR) is 142 cm³/mol. The van der Waals surface area contributed by atoms with Crippen molar-refractivity contribution < 1.29 is 4.74 Å². The quantitative estimate of drug-likeness (QED) is 0.281. The summed E-state index contributed by atoms with van der Waals surface area (Å²) in [7, 11) is 1.59. The van der Waals surface area contributed by atoms with E-state index in [-0.39, 0.29) is 12.1 Å². The van der Waals surface area contributed by atoms with Crippen LogP contribution in [-0.2, 0) is 0 Å². The van der Waals surface area contributed by atoms with Crippen LogP contribution in [-0.4, -0.2) is 21.8 Å². The Bertz CT molecular complexity index is 1360. The summed E-state index contributed by atoms with van der Waals surface area (Å²) in [5.41, 5.74) is 3.49. The van der Waals surface area contributed by atoms with Crippen molar-refractivity contribution >= 4 is 57.8 Å². The van der Waals surface area contributed by atoms with Gasteiger partial charge in [-0.3, -0.25) is 4.98 Å². The van der Waals surface area contributed by atoms with Gasteiger partial charge in [0, 0.05) is 28.8 Å². The van der Waals surface area contributed by atoms with Crippen molar-refractivity contribution in [2.24, 2.45) is 0 Å². The number of pyridine rings is 1. The molecule has 0 spiro atoms. The smallest absolute Gasteiger partial charge is 0.174 e. The van der Waals surface area contributed by atoms with Crippen LogP contribution in [0, 0.1) is 0 Å². The minimum absolute atomic E-state index is 0.214. The van der Waals surface area contributed by atoms with E-state index in [9.17, 15) is 0 Å². The fraction of sp³-hybridized carbons (Fsp3) is 0.120. The second kappa shape index (κ2) is 9.47. The van der Waals surface area contributed by atoms with Crippen LogP contribution >= 0.6 is 47.0 Å². The largest absolute Gasteiger partial charge is 0.495 e. The molecule has 34 heavy (non-hydrogen) atoms. The molecule has 0 amide bonds. The number of thiocarbonyl (C=S) groups is 1. The molecule has 0 aliphatic carbocycles. The van der Waals surface area contributed by atoms with Crippen molar-refractivity contribution in [2.45, 2.75) is 12.1 Å². The zero-order valence-corrected chi connectivity index (χ0v) is 21.0. The molecule has 1 aliphatic rings. The summed E-state index contributed by atoms with van der Waals surface area (Å²) < 4.78 is 7.39. The van der Waals surface area contributed by atoms with Gasteiger partial charge in [0.25, 0.3) is 0 Å². The third-order valence-electron chi connectivity index (χ3n) is 5.76. The molecule has 4 aromatic rings. The summed E-state index contributed by atoms with van der Waals surface area (Å²) in [5.74, 6) is 0.595. The average molecular weight is 530 g/mol. The molecule has 1 saturated heterocycles. The summed E-state index contributed by atoms with van der Waals surface area (Å²) in [4.78, 5) is 6.66. The molecule has 0 radical (unpaired) electrons. The first-order valence-corrected chi connectivity index (χ1v) is 12.0. The van der Waals surface area contributed by atoms with Gasteiger partial charge in [0.2, 0.25) is 0 Å². The van der Waals surface area contributed by atoms with Crippen molar-refractivity contribution in [3.05, 3.63) is 106 Å². The Morgan fingerprint density at radius 2 is 1.82 bits per heavy atom. The minimum atomic E-state index is -0.242. The van der Waals surface area contributed by atoms with Crippen molar-refractivity contribution in [3.8, 4) is 11.4 Å². The first-order valence-electron chi connectivity index (χ1n) is 10.4. The van der Waals surface area contributed by atoms with Gasteiger partial charge in [0.1, 0.15) is 11.8 Å². The van der Waals surface area contributed by atoms with Gasteiger partial charge in [-0.25, -0.2) is 0 Å². The van der Waals surface area contributed by atoms with Crippen molar-refractivity contribution in [1.82, 2.24) is 14.9 Å². The molecule has 3 heterocycles. The molecule has 172 valence electrons. The van der Waals surface area contributed by atoms with Crippen molar-refractivity contribution in [2.75, 3.05) is 12.0 Å². The molecule has 2 aromatic carbocycles. The van der Waals surface area contributed by atoms with Crippen LogP contribution in [0.15, 0.2) is 79.1 Å². The Labute approximate surface area is 217 Å². The molecule has 0 unspecified atom stereocenters. The molecule has 0 bridgehead atoms. The number of hydrogen-bond donors (Lipinski definition) is 1. The van der Waals surface area contributed by atoms with E-state index in [1.165, 1.54) is 0 Å². The second-order valence-electron chi connectivity index (χ2n) is 7.71. The van der Waals surface area contributed by atoms with Crippen LogP contribution in [0.25, 0.3) is 5.69 Å². The second-order valence-corrected chi connectivity index (χ2v) is 9.35. The third-order valence-corrected chi connectivity index (χ3v) is 6.91. The Balaban J connectivity index is 1.68. The first-order chi connectivity index (χ1) is 16.5. The molecule has 1 aliphatic heterocycles. The lowest BCUT2D eigenvalue weighted by Crippen LogP contribution is -2.30. The fourth-order valence-corrected chi connectivity index (χ4v) is 5.37. The molecule has 2 aromatic heterocycles. The van der Waals surface area contributed by atoms with E-state index in [0.29, 0.717) is 25.9 Å². The molecule has 2 atom stereocenters. The Hall–Kier alpha value is -2.77. The van der Waals surface area contributed by atoms with Crippen LogP contribution < -0.4 is 15.0 Å². The first kappa shape index (κ1) is 23.0. The summed E-state index contributed by atoms with van der Waals surface area (Å²) in [6, 6.07) is 20.5. The molecule has 5 nitrogen and oxygen atoms in total. The third kappa shape index (κ3) is 4.12. The van der Waals surface area contributed by atoms with E-state index in [1.807, 2.05) is 65.4 Å². The Morgan fingerprint density at radius 1 is 0.971 bits per heavy atom. The molecular weight excluding hydrogens is 511 g/mol. The number of ether oxygens (including phenoxy) is 1. The van der Waals surface area contributed by atoms with Gasteiger partial charge in [0.15, 0.2) is 5.11 Å². The lowest BCUT2D eigenvalue weighted by atomic mass is 10.0. The van der Waals surface area contributed by atoms with Crippen LogP contribution in [0.3, 0.4) is 0 Å². The number of rotatable bonds is 5. The molecule has 9 heteroatoms. The van der Waals surface area contributed by atoms with Gasteiger partial charge in [-0.15, -0.1) is 0 Å². The van der Waals surface area contributed by atoms with Gasteiger partial charge < -0.3 is 19.5 Å². The lowest BCUT2D eigenvalue weighted by molar-refractivity contribution is 0.415. The SMILES string of the molecule is COc1ccc(N2C(=S)N[C@@H](c3ccccn3)[C@H]2c2cccn2-c2ccc(Cl)cc2Cl)cc1Cl. The summed E-state index contributed by atoms with van der Waals surface area (Å²) in [5, 5.41) is 5.65. The number of methoxy groups -OCH3 is 1. The number of benzene rings is 2. The highest BCUT2D eigenvalue weighted by molar-refractivity contribution is 7.80. The molecule has 5 rings (SSSR count). The maximum absolute atomic E-state index is 6.59. The maximum Gasteiger partial charge on any atom is 0.174 e. The van der Waals surface area contributed by atoms with Gasteiger partial charge in [-0.1, -0.05) is 40.9 Å². The van der Waals surface area contributed by atoms with E-state index >= 15 is 0 Å². The van der Waals surface area contributed by atoms with E-state index in [0.717, 1.165) is 22.8 Å². The highest BCUT2D eigenvalue weighted by atomic mass is 35.5. The minimum Gasteiger partial charge on any atom is -0.495 e. The van der Waals surface area contributed by atoms with Crippen LogP contribution in [0.1, 0.15) is 23.5 Å². The maximum atomic E-state index is 6.59. The highest BCUT2D eigenvalue weighted by Gasteiger charge is 2.42. The standard InChI is InChI=1S/C25H19Cl3N4OS/c1-33-22-10-8-16(14-18(22)28)32-24(23(30-25(32)34)19-5-2-3-11-29-19)21-6-4-12-31(21)20-9-7-15(26)13-17(20)27/h2-14,23-24H,1H3,(H,30,34)/t23-,24+/m0/s1. The van der Waals surface area contributed by atoms with E-state index < -0.39 is 0 Å². The number of aromatic nitrogens is 2. The number of nitrogens with zero attached hydrogens (tertiary/aromatic N) is 3. The molecule has 1 N–H and O–H groups in total. The fourth-order valence-electron chi connectivity index (χ4n) is 4.27. The van der Waals surface area contributed by atoms with Crippen LogP contribution in [0.4, 0.5) is 5.69 Å². The monoisotopic (exact) mass is 528 g/mol. The summed E-state index contributed by atoms with van der Waals surface area (Å²) >= 11 is 25.0. The average Bonchev–Trinajstić information content (AvgIpc) is 3.43. The van der Waals surface area contributed by atoms with Crippen LogP contribution in [0.5, 0.6) is 5.75 Å². The Morgan fingerprint density at radius 3 is 2.53 bits per heavy atom. The number of hydrogen-bond acceptors (Lipinski definition) is 3. The van der Waals surface area contributed by atoms with Gasteiger partial charge in [0.05, 0.1) is 34.6 Å². The number of halogens is 3. The predicted octanol–water partition coefficient (Wildman–Crippen LogP) is 7.02. The van der Waals surface area contributed by atoms with Gasteiger partial charge >= 0.3 is 0 Å². The van der Waals surface area contributed by atoms with Crippen molar-refractivity contribution in [3.63, 3.8) is 0 Å². The van der Waals surface area contributed by atoms with Crippen molar-refractivity contribution in [1.29, 1.82) is 0 Å². The lowest BCUT2D eigenvalue weighted by Gasteiger charge is -2.29. The zero-order chi connectivity index (χ0) is 23.8. The molecular formula is C25H19Cl3N4OS. The Kier molecular flexibility index (Phi) is 6.40. The van der Waals surface area contributed by atoms with E-state index in [4.69, 9.17) is 51.8 Å².